The van der Waals surface area contributed by atoms with Crippen molar-refractivity contribution in [1.29, 1.82) is 0 Å². The van der Waals surface area contributed by atoms with Crippen LogP contribution in [0.15, 0.2) is 59.1 Å². The Morgan fingerprint density at radius 3 is 2.67 bits per heavy atom. The second kappa shape index (κ2) is 6.13. The summed E-state index contributed by atoms with van der Waals surface area (Å²) in [4.78, 5) is 0. The molecule has 0 atom stereocenters. The van der Waals surface area contributed by atoms with Gasteiger partial charge in [-0.3, -0.25) is 5.43 Å². The monoisotopic (exact) mass is 338 g/mol. The topological polar surface area (TPSA) is 42.7 Å². The van der Waals surface area contributed by atoms with Gasteiger partial charge in [-0.25, -0.2) is 9.07 Å². The first-order valence-corrected chi connectivity index (χ1v) is 8.57. The SMILES string of the molecule is CCc1ccc(C2=CSc3nnc(-c4cccc(F)c4)n3N2)cc1. The van der Waals surface area contributed by atoms with Crippen molar-refractivity contribution in [2.24, 2.45) is 0 Å². The van der Waals surface area contributed by atoms with Crippen LogP contribution in [0.3, 0.4) is 0 Å². The molecule has 0 spiro atoms. The van der Waals surface area contributed by atoms with E-state index < -0.39 is 0 Å². The molecule has 0 saturated carbocycles. The molecule has 4 rings (SSSR count). The molecule has 120 valence electrons. The average Bonchev–Trinajstić information content (AvgIpc) is 3.05. The van der Waals surface area contributed by atoms with Crippen LogP contribution in [0.4, 0.5) is 4.39 Å². The van der Waals surface area contributed by atoms with E-state index in [1.54, 1.807) is 10.7 Å². The Morgan fingerprint density at radius 2 is 1.92 bits per heavy atom. The van der Waals surface area contributed by atoms with E-state index in [1.165, 1.54) is 29.5 Å². The van der Waals surface area contributed by atoms with Crippen molar-refractivity contribution in [1.82, 2.24) is 14.9 Å². The van der Waals surface area contributed by atoms with Crippen LogP contribution in [0.2, 0.25) is 0 Å². The van der Waals surface area contributed by atoms with Gasteiger partial charge in [0.2, 0.25) is 5.16 Å². The van der Waals surface area contributed by atoms with E-state index in [0.717, 1.165) is 22.8 Å². The zero-order chi connectivity index (χ0) is 16.5. The first kappa shape index (κ1) is 15.0. The highest BCUT2D eigenvalue weighted by Crippen LogP contribution is 2.31. The van der Waals surface area contributed by atoms with Crippen molar-refractivity contribution in [3.63, 3.8) is 0 Å². The molecule has 0 bridgehead atoms. The summed E-state index contributed by atoms with van der Waals surface area (Å²) in [5.74, 6) is 0.298. The molecular formula is C18H15FN4S. The lowest BCUT2D eigenvalue weighted by atomic mass is 10.1. The molecule has 6 heteroatoms. The van der Waals surface area contributed by atoms with Crippen LogP contribution in [-0.4, -0.2) is 14.9 Å². The minimum atomic E-state index is -0.292. The highest BCUT2D eigenvalue weighted by atomic mass is 32.2. The van der Waals surface area contributed by atoms with Gasteiger partial charge in [0.15, 0.2) is 5.82 Å². The summed E-state index contributed by atoms with van der Waals surface area (Å²) in [5, 5.41) is 11.1. The number of hydrogen-bond acceptors (Lipinski definition) is 4. The largest absolute Gasteiger partial charge is 0.289 e. The number of nitrogens with one attached hydrogen (secondary N) is 1. The lowest BCUT2D eigenvalue weighted by Crippen LogP contribution is -2.18. The molecule has 24 heavy (non-hydrogen) atoms. The number of halogens is 1. The Labute approximate surface area is 143 Å². The van der Waals surface area contributed by atoms with Crippen LogP contribution in [0.25, 0.3) is 17.1 Å². The molecule has 4 nitrogen and oxygen atoms in total. The van der Waals surface area contributed by atoms with E-state index >= 15 is 0 Å². The molecule has 3 aromatic rings. The van der Waals surface area contributed by atoms with Crippen LogP contribution in [0, 0.1) is 5.82 Å². The van der Waals surface area contributed by atoms with Crippen LogP contribution in [0.1, 0.15) is 18.1 Å². The van der Waals surface area contributed by atoms with Gasteiger partial charge in [-0.1, -0.05) is 55.1 Å². The highest BCUT2D eigenvalue weighted by molar-refractivity contribution is 8.02. The number of benzene rings is 2. The average molecular weight is 338 g/mol. The second-order valence-corrected chi connectivity index (χ2v) is 6.30. The van der Waals surface area contributed by atoms with E-state index in [0.29, 0.717) is 11.4 Å². The second-order valence-electron chi connectivity index (χ2n) is 5.46. The van der Waals surface area contributed by atoms with Gasteiger partial charge in [0.25, 0.3) is 0 Å². The van der Waals surface area contributed by atoms with Crippen LogP contribution >= 0.6 is 11.8 Å². The number of thioether (sulfide) groups is 1. The normalized spacial score (nSPS) is 13.2. The predicted molar refractivity (Wildman–Crippen MR) is 94.4 cm³/mol. The molecule has 2 heterocycles. The quantitative estimate of drug-likeness (QED) is 0.773. The molecule has 0 amide bonds. The summed E-state index contributed by atoms with van der Waals surface area (Å²) >= 11 is 1.49. The van der Waals surface area contributed by atoms with Crippen molar-refractivity contribution in [2.75, 3.05) is 5.43 Å². The van der Waals surface area contributed by atoms with Gasteiger partial charge in [0, 0.05) is 11.0 Å². The molecule has 1 aliphatic heterocycles. The zero-order valence-corrected chi connectivity index (χ0v) is 13.8. The summed E-state index contributed by atoms with van der Waals surface area (Å²) in [6.45, 7) is 2.14. The van der Waals surface area contributed by atoms with Crippen molar-refractivity contribution in [3.05, 3.63) is 70.9 Å². The summed E-state index contributed by atoms with van der Waals surface area (Å²) in [7, 11) is 0. The third-order valence-electron chi connectivity index (χ3n) is 3.90. The Kier molecular flexibility index (Phi) is 3.82. The molecule has 0 radical (unpaired) electrons. The zero-order valence-electron chi connectivity index (χ0n) is 13.0. The molecule has 2 aromatic carbocycles. The smallest absolute Gasteiger partial charge is 0.214 e. The van der Waals surface area contributed by atoms with Crippen LogP contribution in [0.5, 0.6) is 0 Å². The van der Waals surface area contributed by atoms with Gasteiger partial charge < -0.3 is 0 Å². The maximum atomic E-state index is 13.5. The summed E-state index contributed by atoms with van der Waals surface area (Å²) in [6, 6.07) is 14.8. The van der Waals surface area contributed by atoms with Gasteiger partial charge in [-0.15, -0.1) is 10.2 Å². The van der Waals surface area contributed by atoms with E-state index in [2.05, 4.69) is 46.8 Å². The van der Waals surface area contributed by atoms with Crippen molar-refractivity contribution >= 4 is 17.5 Å². The maximum Gasteiger partial charge on any atom is 0.214 e. The molecule has 1 N–H and O–H groups in total. The number of aryl methyl sites for hydroxylation is 1. The fraction of sp³-hybridized carbons (Fsp3) is 0.111. The number of fused-ring (bicyclic) bond motifs is 1. The minimum Gasteiger partial charge on any atom is -0.289 e. The Balaban J connectivity index is 1.67. The van der Waals surface area contributed by atoms with Crippen LogP contribution < -0.4 is 5.43 Å². The first-order chi connectivity index (χ1) is 11.7. The van der Waals surface area contributed by atoms with Crippen molar-refractivity contribution in [3.8, 4) is 11.4 Å². The van der Waals surface area contributed by atoms with Gasteiger partial charge in [0.05, 0.1) is 5.70 Å². The van der Waals surface area contributed by atoms with Gasteiger partial charge >= 0.3 is 0 Å². The third kappa shape index (κ3) is 2.69. The van der Waals surface area contributed by atoms with Crippen molar-refractivity contribution < 1.29 is 4.39 Å². The molecular weight excluding hydrogens is 323 g/mol. The molecule has 0 unspecified atom stereocenters. The summed E-state index contributed by atoms with van der Waals surface area (Å²) in [5.41, 5.74) is 7.36. The molecule has 1 aromatic heterocycles. The fourth-order valence-electron chi connectivity index (χ4n) is 2.57. The molecule has 0 aliphatic carbocycles. The predicted octanol–water partition coefficient (Wildman–Crippen LogP) is 4.29. The minimum absolute atomic E-state index is 0.292. The van der Waals surface area contributed by atoms with E-state index in [9.17, 15) is 4.39 Å². The number of rotatable bonds is 3. The lowest BCUT2D eigenvalue weighted by Gasteiger charge is -2.19. The standard InChI is InChI=1S/C18H15FN4S/c1-2-12-6-8-13(9-7-12)16-11-24-18-21-20-17(23(18)22-16)14-4-3-5-15(19)10-14/h3-11,22H,2H2,1H3. The molecule has 1 aliphatic rings. The highest BCUT2D eigenvalue weighted by Gasteiger charge is 2.19. The molecule has 0 saturated heterocycles. The maximum absolute atomic E-state index is 13.5. The van der Waals surface area contributed by atoms with Gasteiger partial charge in [-0.05, 0) is 29.7 Å². The third-order valence-corrected chi connectivity index (χ3v) is 4.73. The Hall–Kier alpha value is -2.60. The lowest BCUT2D eigenvalue weighted by molar-refractivity contribution is 0.628. The van der Waals surface area contributed by atoms with Crippen LogP contribution in [-0.2, 0) is 6.42 Å². The van der Waals surface area contributed by atoms with Gasteiger partial charge in [-0.2, -0.15) is 0 Å². The summed E-state index contributed by atoms with van der Waals surface area (Å²) in [6.07, 6.45) is 1.01. The van der Waals surface area contributed by atoms with Crippen molar-refractivity contribution in [2.45, 2.75) is 18.5 Å². The number of hydrogen-bond donors (Lipinski definition) is 1. The Morgan fingerprint density at radius 1 is 1.08 bits per heavy atom. The molecule has 0 fully saturated rings. The van der Waals surface area contributed by atoms with E-state index in [-0.39, 0.29) is 5.82 Å². The fourth-order valence-corrected chi connectivity index (χ4v) is 3.31. The van der Waals surface area contributed by atoms with E-state index in [4.69, 9.17) is 0 Å². The number of aromatic nitrogens is 3. The number of nitrogens with zero attached hydrogens (tertiary/aromatic N) is 3. The van der Waals surface area contributed by atoms with E-state index in [1.807, 2.05) is 11.5 Å². The first-order valence-electron chi connectivity index (χ1n) is 7.69. The van der Waals surface area contributed by atoms with Gasteiger partial charge in [0.1, 0.15) is 5.82 Å². The summed E-state index contributed by atoms with van der Waals surface area (Å²) < 4.78 is 15.3. The Bertz CT molecular complexity index is 915.